The van der Waals surface area contributed by atoms with E-state index in [0.717, 1.165) is 5.56 Å². The van der Waals surface area contributed by atoms with Crippen LogP contribution in [0.1, 0.15) is 23.0 Å². The van der Waals surface area contributed by atoms with Crippen LogP contribution in [0.15, 0.2) is 59.1 Å². The van der Waals surface area contributed by atoms with Crippen molar-refractivity contribution in [2.24, 2.45) is 0 Å². The Morgan fingerprint density at radius 1 is 1.18 bits per heavy atom. The van der Waals surface area contributed by atoms with Gasteiger partial charge in [0, 0.05) is 21.2 Å². The van der Waals surface area contributed by atoms with Crippen molar-refractivity contribution in [3.05, 3.63) is 76.1 Å². The van der Waals surface area contributed by atoms with Gasteiger partial charge in [-0.3, -0.25) is 0 Å². The molecule has 0 bridgehead atoms. The first-order valence-corrected chi connectivity index (χ1v) is 9.45. The Balaban J connectivity index is 2.08. The zero-order chi connectivity index (χ0) is 19.8. The Morgan fingerprint density at radius 2 is 1.93 bits per heavy atom. The quantitative estimate of drug-likeness (QED) is 0.472. The van der Waals surface area contributed by atoms with Crippen molar-refractivity contribution in [2.45, 2.75) is 13.3 Å². The minimum absolute atomic E-state index is 0.0798. The lowest BCUT2D eigenvalue weighted by atomic mass is 10.1. The van der Waals surface area contributed by atoms with Crippen LogP contribution in [-0.4, -0.2) is 25.7 Å². The largest absolute Gasteiger partial charge is 0.477 e. The smallest absolute Gasteiger partial charge is 0.354 e. The van der Waals surface area contributed by atoms with Gasteiger partial charge in [-0.2, -0.15) is 5.10 Å². The number of carbonyl (C=O) groups is 1. The molecule has 0 fully saturated rings. The molecule has 2 aromatic carbocycles. The van der Waals surface area contributed by atoms with Crippen molar-refractivity contribution in [1.82, 2.24) is 14.6 Å². The standard InChI is InChI=1S/C21H15BrFN3O2/c1-2-14-19(15-9-8-13(22)10-16(15)23)25-26-18(12-6-4-3-5-7-12)11-17(21(27)28)24-20(14)26/h3-11H,2H2,1H3,(H,27,28). The molecule has 0 aliphatic heterocycles. The minimum atomic E-state index is -1.13. The van der Waals surface area contributed by atoms with E-state index in [-0.39, 0.29) is 5.69 Å². The molecule has 0 radical (unpaired) electrons. The molecular weight excluding hydrogens is 425 g/mol. The van der Waals surface area contributed by atoms with Crippen LogP contribution in [0, 0.1) is 5.82 Å². The van der Waals surface area contributed by atoms with E-state index in [9.17, 15) is 14.3 Å². The zero-order valence-electron chi connectivity index (χ0n) is 14.9. The lowest BCUT2D eigenvalue weighted by Crippen LogP contribution is -2.06. The lowest BCUT2D eigenvalue weighted by Gasteiger charge is -2.06. The van der Waals surface area contributed by atoms with Crippen LogP contribution in [0.25, 0.3) is 28.2 Å². The molecule has 0 saturated heterocycles. The van der Waals surface area contributed by atoms with E-state index in [4.69, 9.17) is 0 Å². The maximum Gasteiger partial charge on any atom is 0.354 e. The average Bonchev–Trinajstić information content (AvgIpc) is 3.06. The summed E-state index contributed by atoms with van der Waals surface area (Å²) in [5, 5.41) is 14.1. The molecule has 0 saturated carbocycles. The van der Waals surface area contributed by atoms with Crippen LogP contribution in [0.3, 0.4) is 0 Å². The summed E-state index contributed by atoms with van der Waals surface area (Å²) in [6.45, 7) is 1.91. The molecule has 0 unspecified atom stereocenters. The van der Waals surface area contributed by atoms with Gasteiger partial charge < -0.3 is 5.11 Å². The summed E-state index contributed by atoms with van der Waals surface area (Å²) in [7, 11) is 0. The Bertz CT molecular complexity index is 1210. The van der Waals surface area contributed by atoms with Gasteiger partial charge in [0.15, 0.2) is 11.3 Å². The second-order valence-electron chi connectivity index (χ2n) is 6.24. The molecule has 7 heteroatoms. The van der Waals surface area contributed by atoms with E-state index < -0.39 is 11.8 Å². The van der Waals surface area contributed by atoms with Gasteiger partial charge >= 0.3 is 5.97 Å². The number of carboxylic acid groups (broad SMARTS) is 1. The molecule has 0 spiro atoms. The number of aromatic carboxylic acids is 1. The van der Waals surface area contributed by atoms with E-state index in [2.05, 4.69) is 26.0 Å². The van der Waals surface area contributed by atoms with E-state index in [0.29, 0.717) is 39.1 Å². The number of rotatable bonds is 4. The number of nitrogens with zero attached hydrogens (tertiary/aromatic N) is 3. The van der Waals surface area contributed by atoms with Gasteiger partial charge in [0.05, 0.1) is 5.69 Å². The summed E-state index contributed by atoms with van der Waals surface area (Å²) in [6.07, 6.45) is 0.526. The fourth-order valence-corrected chi connectivity index (χ4v) is 3.54. The highest BCUT2D eigenvalue weighted by atomic mass is 79.9. The first kappa shape index (κ1) is 18.3. The molecule has 0 aliphatic rings. The molecule has 0 amide bonds. The number of aromatic nitrogens is 3. The number of halogens is 2. The Hall–Kier alpha value is -3.06. The third-order valence-electron chi connectivity index (χ3n) is 4.51. The van der Waals surface area contributed by atoms with E-state index in [1.54, 1.807) is 16.6 Å². The molecule has 140 valence electrons. The number of aryl methyl sites for hydroxylation is 1. The summed E-state index contributed by atoms with van der Waals surface area (Å²) < 4.78 is 16.8. The lowest BCUT2D eigenvalue weighted by molar-refractivity contribution is 0.0690. The first-order valence-electron chi connectivity index (χ1n) is 8.66. The molecule has 0 atom stereocenters. The molecule has 28 heavy (non-hydrogen) atoms. The molecule has 0 aliphatic carbocycles. The number of hydrogen-bond donors (Lipinski definition) is 1. The molecular formula is C21H15BrFN3O2. The van der Waals surface area contributed by atoms with Crippen molar-refractivity contribution in [1.29, 1.82) is 0 Å². The fourth-order valence-electron chi connectivity index (χ4n) is 3.21. The second kappa shape index (κ2) is 7.16. The first-order chi connectivity index (χ1) is 13.5. The minimum Gasteiger partial charge on any atom is -0.477 e. The van der Waals surface area contributed by atoms with E-state index >= 15 is 0 Å². The van der Waals surface area contributed by atoms with Crippen LogP contribution in [0.4, 0.5) is 4.39 Å². The highest BCUT2D eigenvalue weighted by Gasteiger charge is 2.22. The fraction of sp³-hybridized carbons (Fsp3) is 0.0952. The van der Waals surface area contributed by atoms with Crippen LogP contribution in [-0.2, 0) is 6.42 Å². The molecule has 2 heterocycles. The second-order valence-corrected chi connectivity index (χ2v) is 7.15. The topological polar surface area (TPSA) is 67.5 Å². The molecule has 5 nitrogen and oxygen atoms in total. The van der Waals surface area contributed by atoms with Crippen LogP contribution in [0.2, 0.25) is 0 Å². The highest BCUT2D eigenvalue weighted by molar-refractivity contribution is 9.10. The number of fused-ring (bicyclic) bond motifs is 1. The average molecular weight is 440 g/mol. The normalized spacial score (nSPS) is 11.1. The van der Waals surface area contributed by atoms with Gasteiger partial charge in [-0.25, -0.2) is 18.7 Å². The predicted molar refractivity (Wildman–Crippen MR) is 108 cm³/mol. The van der Waals surface area contributed by atoms with Crippen LogP contribution < -0.4 is 0 Å². The van der Waals surface area contributed by atoms with Crippen molar-refractivity contribution < 1.29 is 14.3 Å². The van der Waals surface area contributed by atoms with Crippen molar-refractivity contribution in [2.75, 3.05) is 0 Å². The third-order valence-corrected chi connectivity index (χ3v) is 5.01. The molecule has 1 N–H and O–H groups in total. The maximum atomic E-state index is 14.6. The van der Waals surface area contributed by atoms with Crippen molar-refractivity contribution in [3.8, 4) is 22.5 Å². The monoisotopic (exact) mass is 439 g/mol. The van der Waals surface area contributed by atoms with Gasteiger partial charge in [0.1, 0.15) is 11.5 Å². The van der Waals surface area contributed by atoms with Crippen molar-refractivity contribution >= 4 is 27.5 Å². The molecule has 4 aromatic rings. The van der Waals surface area contributed by atoms with Crippen LogP contribution in [0.5, 0.6) is 0 Å². The van der Waals surface area contributed by atoms with Gasteiger partial charge in [-0.05, 0) is 30.7 Å². The zero-order valence-corrected chi connectivity index (χ0v) is 16.4. The SMILES string of the molecule is CCc1c(-c2ccc(Br)cc2F)nn2c(-c3ccccc3)cc(C(=O)O)nc12. The summed E-state index contributed by atoms with van der Waals surface area (Å²) >= 11 is 3.26. The Kier molecular flexibility index (Phi) is 4.68. The van der Waals surface area contributed by atoms with Gasteiger partial charge in [0.2, 0.25) is 0 Å². The van der Waals surface area contributed by atoms with Crippen LogP contribution >= 0.6 is 15.9 Å². The molecule has 2 aromatic heterocycles. The number of benzene rings is 2. The number of hydrogen-bond acceptors (Lipinski definition) is 3. The van der Waals surface area contributed by atoms with Gasteiger partial charge in [-0.15, -0.1) is 0 Å². The summed E-state index contributed by atoms with van der Waals surface area (Å²) in [5.41, 5.74) is 3.22. The van der Waals surface area contributed by atoms with Crippen molar-refractivity contribution in [3.63, 3.8) is 0 Å². The summed E-state index contributed by atoms with van der Waals surface area (Å²) in [6, 6.07) is 15.6. The Morgan fingerprint density at radius 3 is 2.57 bits per heavy atom. The summed E-state index contributed by atoms with van der Waals surface area (Å²) in [4.78, 5) is 15.9. The summed E-state index contributed by atoms with van der Waals surface area (Å²) in [5.74, 6) is -1.54. The number of carboxylic acids is 1. The molecule has 4 rings (SSSR count). The van der Waals surface area contributed by atoms with E-state index in [1.807, 2.05) is 37.3 Å². The Labute approximate surface area is 168 Å². The maximum absolute atomic E-state index is 14.6. The van der Waals surface area contributed by atoms with Gasteiger partial charge in [0.25, 0.3) is 0 Å². The highest BCUT2D eigenvalue weighted by Crippen LogP contribution is 2.32. The predicted octanol–water partition coefficient (Wildman–Crippen LogP) is 5.23. The third kappa shape index (κ3) is 3.07. The van der Waals surface area contributed by atoms with E-state index in [1.165, 1.54) is 12.1 Å². The van der Waals surface area contributed by atoms with Gasteiger partial charge in [-0.1, -0.05) is 53.2 Å².